The smallest absolute Gasteiger partial charge is 0.306 e. The Morgan fingerprint density at radius 2 is 0.985 bits per heavy atom. The van der Waals surface area contributed by atoms with Crippen molar-refractivity contribution in [2.45, 2.75) is 229 Å². The molecule has 0 aromatic heterocycles. The molecular formula is C52H90O14. The molecule has 2 saturated heterocycles. The lowest BCUT2D eigenvalue weighted by molar-refractivity contribution is -0.332. The summed E-state index contributed by atoms with van der Waals surface area (Å²) in [6.45, 7) is 3.53. The first-order valence-corrected chi connectivity index (χ1v) is 25.4. The van der Waals surface area contributed by atoms with E-state index >= 15 is 0 Å². The molecule has 2 rings (SSSR count). The van der Waals surface area contributed by atoms with Gasteiger partial charge in [-0.25, -0.2) is 0 Å². The molecule has 66 heavy (non-hydrogen) atoms. The van der Waals surface area contributed by atoms with Crippen molar-refractivity contribution < 1.29 is 69.0 Å². The van der Waals surface area contributed by atoms with Crippen LogP contribution in [0, 0.1) is 0 Å². The van der Waals surface area contributed by atoms with Crippen molar-refractivity contribution in [1.29, 1.82) is 0 Å². The van der Waals surface area contributed by atoms with Crippen LogP contribution in [0.2, 0.25) is 0 Å². The Morgan fingerprint density at radius 1 is 0.515 bits per heavy atom. The van der Waals surface area contributed by atoms with Crippen molar-refractivity contribution in [3.8, 4) is 0 Å². The van der Waals surface area contributed by atoms with Crippen molar-refractivity contribution in [2.24, 2.45) is 0 Å². The lowest BCUT2D eigenvalue weighted by atomic mass is 9.98. The summed E-state index contributed by atoms with van der Waals surface area (Å²) in [5.41, 5.74) is 0. The van der Waals surface area contributed by atoms with E-state index in [0.717, 1.165) is 83.5 Å². The van der Waals surface area contributed by atoms with Gasteiger partial charge < -0.3 is 64.2 Å². The van der Waals surface area contributed by atoms with Gasteiger partial charge in [-0.2, -0.15) is 0 Å². The first-order chi connectivity index (χ1) is 32.1. The van der Waals surface area contributed by atoms with Gasteiger partial charge in [-0.15, -0.1) is 0 Å². The summed E-state index contributed by atoms with van der Waals surface area (Å²) < 4.78 is 34.2. The molecule has 14 nitrogen and oxygen atoms in total. The van der Waals surface area contributed by atoms with Crippen molar-refractivity contribution in [2.75, 3.05) is 33.0 Å². The Balaban J connectivity index is 1.76. The molecule has 7 N–H and O–H groups in total. The van der Waals surface area contributed by atoms with Crippen LogP contribution in [0.4, 0.5) is 0 Å². The minimum absolute atomic E-state index is 0.0525. The van der Waals surface area contributed by atoms with Gasteiger partial charge in [0, 0.05) is 13.0 Å². The Morgan fingerprint density at radius 3 is 1.55 bits per heavy atom. The highest BCUT2D eigenvalue weighted by molar-refractivity contribution is 5.69. The molecular weight excluding hydrogens is 849 g/mol. The third kappa shape index (κ3) is 27.0. The van der Waals surface area contributed by atoms with Crippen LogP contribution in [-0.4, -0.2) is 142 Å². The number of ether oxygens (including phenoxy) is 6. The molecule has 2 fully saturated rings. The highest BCUT2D eigenvalue weighted by Crippen LogP contribution is 2.26. The topological polar surface area (TPSA) is 214 Å². The lowest BCUT2D eigenvalue weighted by Crippen LogP contribution is -2.61. The number of carbonyl (C=O) groups excluding carboxylic acids is 1. The molecule has 11 atom stereocenters. The molecule has 11 unspecified atom stereocenters. The zero-order chi connectivity index (χ0) is 48.0. The first kappa shape index (κ1) is 59.8. The number of rotatable bonds is 39. The molecule has 2 aliphatic heterocycles. The number of esters is 1. The average Bonchev–Trinajstić information content (AvgIpc) is 3.31. The van der Waals surface area contributed by atoms with E-state index in [1.807, 2.05) is 0 Å². The van der Waals surface area contributed by atoms with E-state index in [9.17, 15) is 40.5 Å². The summed E-state index contributed by atoms with van der Waals surface area (Å²) in [5, 5.41) is 72.0. The molecule has 0 radical (unpaired) electrons. The molecule has 0 amide bonds. The van der Waals surface area contributed by atoms with E-state index in [0.29, 0.717) is 13.0 Å². The van der Waals surface area contributed by atoms with Crippen molar-refractivity contribution in [3.05, 3.63) is 60.8 Å². The van der Waals surface area contributed by atoms with Gasteiger partial charge in [0.2, 0.25) is 0 Å². The van der Waals surface area contributed by atoms with E-state index in [1.165, 1.54) is 51.4 Å². The van der Waals surface area contributed by atoms with Crippen LogP contribution in [0.3, 0.4) is 0 Å². The number of unbranched alkanes of at least 4 members (excludes halogenated alkanes) is 15. The van der Waals surface area contributed by atoms with Crippen molar-refractivity contribution in [3.63, 3.8) is 0 Å². The number of hydrogen-bond donors (Lipinski definition) is 7. The van der Waals surface area contributed by atoms with E-state index < -0.39 is 86.7 Å². The third-order valence-corrected chi connectivity index (χ3v) is 11.8. The number of hydrogen-bond acceptors (Lipinski definition) is 14. The van der Waals surface area contributed by atoms with E-state index in [4.69, 9.17) is 28.4 Å². The normalized spacial score (nSPS) is 26.8. The molecule has 2 heterocycles. The van der Waals surface area contributed by atoms with Gasteiger partial charge >= 0.3 is 5.97 Å². The molecule has 0 aliphatic carbocycles. The summed E-state index contributed by atoms with van der Waals surface area (Å²) in [6, 6.07) is 0. The molecule has 0 bridgehead atoms. The maximum Gasteiger partial charge on any atom is 0.306 e. The monoisotopic (exact) mass is 939 g/mol. The van der Waals surface area contributed by atoms with Crippen LogP contribution in [0.1, 0.15) is 162 Å². The van der Waals surface area contributed by atoms with Crippen LogP contribution in [0.25, 0.3) is 0 Å². The van der Waals surface area contributed by atoms with Gasteiger partial charge in [-0.05, 0) is 57.8 Å². The van der Waals surface area contributed by atoms with Gasteiger partial charge in [0.15, 0.2) is 12.6 Å². The molecule has 14 heteroatoms. The fraction of sp³-hybridized carbons (Fsp3) is 0.788. The largest absolute Gasteiger partial charge is 0.457 e. The Labute approximate surface area is 396 Å². The zero-order valence-corrected chi connectivity index (χ0v) is 40.4. The molecule has 0 saturated carbocycles. The molecule has 0 spiro atoms. The van der Waals surface area contributed by atoms with Crippen LogP contribution < -0.4 is 0 Å². The highest BCUT2D eigenvalue weighted by atomic mass is 16.7. The van der Waals surface area contributed by atoms with Crippen LogP contribution in [0.15, 0.2) is 60.8 Å². The van der Waals surface area contributed by atoms with Gasteiger partial charge in [0.05, 0.1) is 26.4 Å². The number of carbonyl (C=O) groups is 1. The van der Waals surface area contributed by atoms with Crippen molar-refractivity contribution >= 4 is 5.97 Å². The number of allylic oxidation sites excluding steroid dienone is 10. The number of aliphatic hydroxyl groups excluding tert-OH is 7. The average molecular weight is 939 g/mol. The van der Waals surface area contributed by atoms with Gasteiger partial charge in [-0.1, -0.05) is 158 Å². The first-order valence-electron chi connectivity index (χ1n) is 25.4. The molecule has 0 aromatic carbocycles. The summed E-state index contributed by atoms with van der Waals surface area (Å²) in [6.07, 6.45) is 30.0. The fourth-order valence-electron chi connectivity index (χ4n) is 7.66. The fourth-order valence-corrected chi connectivity index (χ4v) is 7.66. The molecule has 2 aliphatic rings. The van der Waals surface area contributed by atoms with Gasteiger partial charge in [0.25, 0.3) is 0 Å². The maximum absolute atomic E-state index is 13.0. The highest BCUT2D eigenvalue weighted by Gasteiger charge is 2.47. The van der Waals surface area contributed by atoms with E-state index in [-0.39, 0.29) is 19.6 Å². The molecule has 382 valence electrons. The predicted octanol–water partition coefficient (Wildman–Crippen LogP) is 7.35. The second kappa shape index (κ2) is 39.5. The standard InChI is InChI=1S/C52H90O14/c1-3-5-7-9-11-13-15-16-17-18-19-20-21-22-23-24-25-27-29-31-33-35-44(54)64-41(38-61-36-34-32-30-28-26-14-12-10-8-6-4-2)39-62-51-50(60)48(58)46(56)43(66-51)40-63-52-49(59)47(57)45(55)42(37-53)65-52/h5,7,11,13,16-17,19-20,22-23,41-43,45-53,55-60H,3-4,6,8-10,12,14-15,18,21,24-40H2,1-2H3/b7-5-,13-11-,17-16-,20-19-,23-22-. The second-order valence-electron chi connectivity index (χ2n) is 17.6. The predicted molar refractivity (Wildman–Crippen MR) is 256 cm³/mol. The van der Waals surface area contributed by atoms with Crippen LogP contribution >= 0.6 is 0 Å². The summed E-state index contributed by atoms with van der Waals surface area (Å²) in [5.74, 6) is -0.396. The van der Waals surface area contributed by atoms with Gasteiger partial charge in [0.1, 0.15) is 54.9 Å². The van der Waals surface area contributed by atoms with Gasteiger partial charge in [-0.3, -0.25) is 4.79 Å². The minimum atomic E-state index is -1.71. The third-order valence-electron chi connectivity index (χ3n) is 11.8. The Bertz CT molecular complexity index is 1320. The quantitative estimate of drug-likeness (QED) is 0.0183. The Hall–Kier alpha value is -2.31. The van der Waals surface area contributed by atoms with Crippen LogP contribution in [0.5, 0.6) is 0 Å². The van der Waals surface area contributed by atoms with E-state index in [2.05, 4.69) is 74.6 Å². The second-order valence-corrected chi connectivity index (χ2v) is 17.6. The number of aliphatic hydroxyl groups is 7. The zero-order valence-electron chi connectivity index (χ0n) is 40.4. The summed E-state index contributed by atoms with van der Waals surface area (Å²) in [4.78, 5) is 13.0. The maximum atomic E-state index is 13.0. The van der Waals surface area contributed by atoms with Crippen LogP contribution in [-0.2, 0) is 33.2 Å². The SMILES string of the molecule is CC/C=C\C/C=C\C/C=C\C/C=C\C/C=C\CCCCCCCC(=O)OC(COCCCCCCCCCCCCC)COC1OC(COC2OC(CO)C(O)C(O)C2O)C(O)C(O)C1O. The molecule has 0 aromatic rings. The van der Waals surface area contributed by atoms with E-state index in [1.54, 1.807) is 0 Å². The lowest BCUT2D eigenvalue weighted by Gasteiger charge is -2.42. The summed E-state index contributed by atoms with van der Waals surface area (Å²) in [7, 11) is 0. The summed E-state index contributed by atoms with van der Waals surface area (Å²) >= 11 is 0. The minimum Gasteiger partial charge on any atom is -0.457 e. The van der Waals surface area contributed by atoms with Crippen molar-refractivity contribution in [1.82, 2.24) is 0 Å². The Kier molecular flexibility index (Phi) is 35.8.